The van der Waals surface area contributed by atoms with Gasteiger partial charge in [-0.05, 0) is 42.6 Å². The van der Waals surface area contributed by atoms with Crippen molar-refractivity contribution in [1.82, 2.24) is 10.2 Å². The summed E-state index contributed by atoms with van der Waals surface area (Å²) in [6.45, 7) is 10.6. The lowest BCUT2D eigenvalue weighted by Gasteiger charge is -2.42. The van der Waals surface area contributed by atoms with Gasteiger partial charge < -0.3 is 19.8 Å². The van der Waals surface area contributed by atoms with Crippen LogP contribution in [0.3, 0.4) is 0 Å². The van der Waals surface area contributed by atoms with Crippen molar-refractivity contribution in [3.05, 3.63) is 12.1 Å². The minimum Gasteiger partial charge on any atom is -0.550 e. The van der Waals surface area contributed by atoms with Gasteiger partial charge in [0.15, 0.2) is 0 Å². The molecule has 0 radical (unpaired) electrons. The Labute approximate surface area is 176 Å². The number of hydrogen-bond acceptors (Lipinski definition) is 8. The van der Waals surface area contributed by atoms with E-state index < -0.39 is 28.2 Å². The summed E-state index contributed by atoms with van der Waals surface area (Å²) in [7, 11) is 0. The van der Waals surface area contributed by atoms with Crippen LogP contribution in [0.5, 0.6) is 0 Å². The normalized spacial score (nSPS) is 12.8. The van der Waals surface area contributed by atoms with Crippen molar-refractivity contribution in [2.75, 3.05) is 11.5 Å². The monoisotopic (exact) mass is 426 g/mol. The van der Waals surface area contributed by atoms with Crippen LogP contribution in [0.15, 0.2) is 22.2 Å². The summed E-state index contributed by atoms with van der Waals surface area (Å²) < 4.78 is 0. The molecule has 0 fully saturated rings. The third-order valence-electron chi connectivity index (χ3n) is 5.54. The lowest BCUT2D eigenvalue weighted by atomic mass is 9.66. The van der Waals surface area contributed by atoms with E-state index in [1.165, 1.54) is 0 Å². The predicted molar refractivity (Wildman–Crippen MR) is 109 cm³/mol. The first-order chi connectivity index (χ1) is 12.8. The van der Waals surface area contributed by atoms with Crippen LogP contribution < -0.4 is 10.2 Å². The van der Waals surface area contributed by atoms with Crippen LogP contribution in [-0.4, -0.2) is 33.6 Å². The van der Waals surface area contributed by atoms with Crippen LogP contribution in [0.4, 0.5) is 0 Å². The Morgan fingerprint density at radius 1 is 0.857 bits per heavy atom. The molecule has 0 spiro atoms. The number of carbonyl (C=O) groups is 2. The molecule has 0 saturated carbocycles. The van der Waals surface area contributed by atoms with Crippen LogP contribution in [0.1, 0.15) is 60.8 Å². The highest BCUT2D eigenvalue weighted by molar-refractivity contribution is 7.99. The Bertz CT molecular complexity index is 673. The predicted octanol–water partition coefficient (Wildman–Crippen LogP) is 2.41. The first kappa shape index (κ1) is 24.8. The fourth-order valence-corrected chi connectivity index (χ4v) is 4.10. The Morgan fingerprint density at radius 3 is 1.79 bits per heavy atom. The summed E-state index contributed by atoms with van der Waals surface area (Å²) in [6, 6.07) is 3.81. The molecule has 1 heterocycles. The molecular formula is C20H30N2O4S2-2. The Hall–Kier alpha value is -1.28. The maximum absolute atomic E-state index is 11.4. The molecule has 0 aliphatic rings. The first-order valence-corrected chi connectivity index (χ1v) is 11.3. The molecule has 0 aromatic carbocycles. The largest absolute Gasteiger partial charge is 0.550 e. The zero-order chi connectivity index (χ0) is 21.6. The lowest BCUT2D eigenvalue weighted by molar-refractivity contribution is -0.323. The molecule has 0 bridgehead atoms. The van der Waals surface area contributed by atoms with Gasteiger partial charge in [0.25, 0.3) is 0 Å². The van der Waals surface area contributed by atoms with E-state index >= 15 is 0 Å². The van der Waals surface area contributed by atoms with Crippen LogP contribution in [-0.2, 0) is 9.59 Å². The van der Waals surface area contributed by atoms with Crippen LogP contribution >= 0.6 is 23.5 Å². The summed E-state index contributed by atoms with van der Waals surface area (Å²) in [4.78, 5) is 22.3. The maximum atomic E-state index is 11.4. The van der Waals surface area contributed by atoms with Gasteiger partial charge in [-0.25, -0.2) is 0 Å². The summed E-state index contributed by atoms with van der Waals surface area (Å²) >= 11 is 3.10. The van der Waals surface area contributed by atoms with Crippen molar-refractivity contribution in [3.8, 4) is 0 Å². The number of aromatic nitrogens is 2. The van der Waals surface area contributed by atoms with Crippen molar-refractivity contribution >= 4 is 35.5 Å². The second kappa shape index (κ2) is 9.96. The van der Waals surface area contributed by atoms with Crippen molar-refractivity contribution < 1.29 is 19.8 Å². The van der Waals surface area contributed by atoms with Gasteiger partial charge in [-0.1, -0.05) is 41.5 Å². The molecular weight excluding hydrogens is 396 g/mol. The average Bonchev–Trinajstić information content (AvgIpc) is 2.59. The number of aliphatic carboxylic acids is 2. The molecule has 0 N–H and O–H groups in total. The van der Waals surface area contributed by atoms with E-state index in [1.807, 2.05) is 26.0 Å². The van der Waals surface area contributed by atoms with Gasteiger partial charge in [-0.2, -0.15) is 0 Å². The fourth-order valence-electron chi connectivity index (χ4n) is 2.25. The van der Waals surface area contributed by atoms with Gasteiger partial charge in [-0.15, -0.1) is 33.7 Å². The quantitative estimate of drug-likeness (QED) is 0.370. The number of carbonyl (C=O) groups excluding carboxylic acids is 2. The van der Waals surface area contributed by atoms with Crippen molar-refractivity contribution in [3.63, 3.8) is 0 Å². The van der Waals surface area contributed by atoms with Crippen LogP contribution in [0.25, 0.3) is 0 Å². The van der Waals surface area contributed by atoms with E-state index in [4.69, 9.17) is 0 Å². The third-order valence-corrected chi connectivity index (χ3v) is 7.47. The van der Waals surface area contributed by atoms with Crippen LogP contribution in [0, 0.1) is 16.2 Å². The highest BCUT2D eigenvalue weighted by Crippen LogP contribution is 2.42. The average molecular weight is 427 g/mol. The fraction of sp³-hybridized carbons (Fsp3) is 0.700. The molecule has 0 atom stereocenters. The van der Waals surface area contributed by atoms with Gasteiger partial charge in [0.05, 0.1) is 0 Å². The topological polar surface area (TPSA) is 106 Å². The zero-order valence-corrected chi connectivity index (χ0v) is 19.2. The van der Waals surface area contributed by atoms with E-state index in [9.17, 15) is 19.8 Å². The summed E-state index contributed by atoms with van der Waals surface area (Å²) in [6.07, 6.45) is 2.03. The maximum Gasteiger partial charge on any atom is 0.119 e. The number of nitrogens with zero attached hydrogens (tertiary/aromatic N) is 2. The second-order valence-electron chi connectivity index (χ2n) is 8.73. The van der Waals surface area contributed by atoms with Crippen molar-refractivity contribution in [2.45, 2.75) is 70.9 Å². The molecule has 1 rings (SSSR count). The second-order valence-corrected chi connectivity index (χ2v) is 11.0. The molecule has 0 saturated heterocycles. The molecule has 6 nitrogen and oxygen atoms in total. The van der Waals surface area contributed by atoms with E-state index in [0.29, 0.717) is 12.8 Å². The number of carboxylic acid groups (broad SMARTS) is 2. The minimum absolute atomic E-state index is 0.401. The highest BCUT2D eigenvalue weighted by Gasteiger charge is 2.37. The molecule has 0 unspecified atom stereocenters. The molecule has 1 aromatic heterocycles. The zero-order valence-electron chi connectivity index (χ0n) is 17.5. The molecule has 0 aliphatic heterocycles. The summed E-state index contributed by atoms with van der Waals surface area (Å²) in [5.41, 5.74) is -2.13. The SMILES string of the molecule is CC(C)(CCCSc1ccc(SCCC(C)(C)C(C)(C)C(=O)[O-])nn1)C(=O)[O-]. The standard InChI is InChI=1S/C20H32N2O4S2/c1-18(2,16(23)24)10-7-12-27-14-8-9-15(22-21-14)28-13-11-19(3,4)20(5,6)17(25)26/h8-9H,7,10-13H2,1-6H3,(H,23,24)(H,25,26)/p-2. The van der Waals surface area contributed by atoms with Crippen molar-refractivity contribution in [2.24, 2.45) is 16.2 Å². The summed E-state index contributed by atoms with van der Waals surface area (Å²) in [5.74, 6) is -0.551. The minimum atomic E-state index is -1.04. The van der Waals surface area contributed by atoms with Gasteiger partial charge in [0.1, 0.15) is 10.1 Å². The molecule has 0 amide bonds. The number of rotatable bonds is 12. The lowest BCUT2D eigenvalue weighted by Crippen LogP contribution is -2.47. The summed E-state index contributed by atoms with van der Waals surface area (Å²) in [5, 5.41) is 32.3. The highest BCUT2D eigenvalue weighted by atomic mass is 32.2. The van der Waals surface area contributed by atoms with E-state index in [2.05, 4.69) is 10.2 Å². The first-order valence-electron chi connectivity index (χ1n) is 9.32. The Morgan fingerprint density at radius 2 is 1.36 bits per heavy atom. The van der Waals surface area contributed by atoms with Gasteiger partial charge in [0.2, 0.25) is 0 Å². The number of thioether (sulfide) groups is 2. The number of carboxylic acids is 2. The van der Waals surface area contributed by atoms with Gasteiger partial charge in [-0.3, -0.25) is 0 Å². The van der Waals surface area contributed by atoms with Gasteiger partial charge >= 0.3 is 0 Å². The molecule has 8 heteroatoms. The molecule has 0 aliphatic carbocycles. The molecule has 1 aromatic rings. The van der Waals surface area contributed by atoms with E-state index in [-0.39, 0.29) is 0 Å². The van der Waals surface area contributed by atoms with Crippen molar-refractivity contribution in [1.29, 1.82) is 0 Å². The van der Waals surface area contributed by atoms with E-state index in [1.54, 1.807) is 51.2 Å². The third kappa shape index (κ3) is 6.95. The van der Waals surface area contributed by atoms with Crippen LogP contribution in [0.2, 0.25) is 0 Å². The Kier molecular flexibility index (Phi) is 8.81. The number of hydrogen-bond donors (Lipinski definition) is 0. The molecule has 158 valence electrons. The smallest absolute Gasteiger partial charge is 0.119 e. The van der Waals surface area contributed by atoms with E-state index in [0.717, 1.165) is 28.0 Å². The Balaban J connectivity index is 2.43. The molecule has 28 heavy (non-hydrogen) atoms. The van der Waals surface area contributed by atoms with Gasteiger partial charge in [0, 0.05) is 28.5 Å².